The molecular formula is C34H32F3N7O4S. The molecular weight excluding hydrogens is 659 g/mol. The number of urea groups is 1. The van der Waals surface area contributed by atoms with E-state index in [1.807, 2.05) is 12.1 Å². The van der Waals surface area contributed by atoms with Crippen molar-refractivity contribution in [2.24, 2.45) is 5.92 Å². The summed E-state index contributed by atoms with van der Waals surface area (Å²) in [6.45, 7) is 5.05. The normalized spacial score (nSPS) is 15.3. The van der Waals surface area contributed by atoms with Gasteiger partial charge < -0.3 is 15.0 Å². The highest BCUT2D eigenvalue weighted by Crippen LogP contribution is 2.39. The van der Waals surface area contributed by atoms with Gasteiger partial charge in [0.15, 0.2) is 5.69 Å². The monoisotopic (exact) mass is 691 g/mol. The second kappa shape index (κ2) is 14.1. The first-order chi connectivity index (χ1) is 23.5. The van der Waals surface area contributed by atoms with Crippen molar-refractivity contribution in [2.45, 2.75) is 39.0 Å². The number of carboxylic acids is 1. The number of fused-ring (bicyclic) bond motifs is 1. The number of hydrogen-bond acceptors (Lipinski definition) is 8. The highest BCUT2D eigenvalue weighted by atomic mass is 32.1. The number of aromatic nitrogens is 4. The van der Waals surface area contributed by atoms with Gasteiger partial charge in [-0.3, -0.25) is 20.0 Å². The molecule has 0 spiro atoms. The van der Waals surface area contributed by atoms with Crippen LogP contribution in [0.25, 0.3) is 32.6 Å². The number of carbonyl (C=O) groups excluding carboxylic acids is 1. The summed E-state index contributed by atoms with van der Waals surface area (Å²) in [5.74, 6) is -1.09. The number of hydrogen-bond donors (Lipinski definition) is 3. The highest BCUT2D eigenvalue weighted by molar-refractivity contribution is 7.13. The lowest BCUT2D eigenvalue weighted by molar-refractivity contribution is -0.140. The molecule has 49 heavy (non-hydrogen) atoms. The van der Waals surface area contributed by atoms with E-state index in [2.05, 4.69) is 30.5 Å². The molecule has 11 nitrogen and oxygen atoms in total. The van der Waals surface area contributed by atoms with Crippen LogP contribution in [0.5, 0.6) is 0 Å². The van der Waals surface area contributed by atoms with E-state index >= 15 is 0 Å². The van der Waals surface area contributed by atoms with Gasteiger partial charge in [0.25, 0.3) is 0 Å². The van der Waals surface area contributed by atoms with Crippen LogP contribution in [0, 0.1) is 5.92 Å². The summed E-state index contributed by atoms with van der Waals surface area (Å²) >= 11 is 0.774. The Morgan fingerprint density at radius 1 is 1.12 bits per heavy atom. The summed E-state index contributed by atoms with van der Waals surface area (Å²) < 4.78 is 42.3. The summed E-state index contributed by atoms with van der Waals surface area (Å²) in [5.41, 5.74) is 0.552. The van der Waals surface area contributed by atoms with Crippen LogP contribution in [0.2, 0.25) is 0 Å². The van der Waals surface area contributed by atoms with Gasteiger partial charge in [-0.2, -0.15) is 13.2 Å². The topological polar surface area (TPSA) is 142 Å². The molecule has 6 rings (SSSR count). The van der Waals surface area contributed by atoms with Crippen LogP contribution in [0.3, 0.4) is 0 Å². The molecule has 4 aromatic heterocycles. The van der Waals surface area contributed by atoms with Crippen LogP contribution in [0.15, 0.2) is 71.4 Å². The fourth-order valence-corrected chi connectivity index (χ4v) is 6.97. The number of aromatic carboxylic acids is 1. The number of rotatable bonds is 9. The van der Waals surface area contributed by atoms with Crippen molar-refractivity contribution < 1.29 is 27.9 Å². The minimum absolute atomic E-state index is 0.0223. The molecule has 254 valence electrons. The molecule has 2 amide bonds. The van der Waals surface area contributed by atoms with Crippen molar-refractivity contribution in [3.8, 4) is 21.7 Å². The SMILES string of the molecule is CCNC(=O)Nc1cc(-c2nc(C(F)(F)F)cs2)c(-c2ccc3c(c2)c(=O)c(C(=O)O)cn3CC2CCCN(Cc3ccncc3)C2)cn1. The Balaban J connectivity index is 1.39. The number of halogens is 3. The van der Waals surface area contributed by atoms with Gasteiger partial charge in [0.05, 0.1) is 5.52 Å². The van der Waals surface area contributed by atoms with E-state index in [9.17, 15) is 32.7 Å². The quantitative estimate of drug-likeness (QED) is 0.162. The van der Waals surface area contributed by atoms with Crippen LogP contribution in [-0.4, -0.2) is 61.2 Å². The minimum Gasteiger partial charge on any atom is -0.477 e. The Kier molecular flexibility index (Phi) is 9.74. The van der Waals surface area contributed by atoms with Gasteiger partial charge in [-0.1, -0.05) is 6.07 Å². The maximum atomic E-state index is 13.5. The number of carboxylic acid groups (broad SMARTS) is 1. The standard InChI is InChI=1S/C34H32F3N7O4S/c1-2-39-33(48)42-29-13-23(31-41-28(19-49-31)34(35,36)37)25(14-40-29)22-5-6-27-24(12-22)30(45)26(32(46)47)18-44(27)17-21-4-3-11-43(16-21)15-20-7-9-38-10-8-20/h5-10,12-14,18-19,21H,2-4,11,15-17H2,1H3,(H,46,47)(H2,39,40,42,48). The lowest BCUT2D eigenvalue weighted by atomic mass is 9.96. The van der Waals surface area contributed by atoms with Crippen molar-refractivity contribution >= 4 is 40.1 Å². The zero-order valence-corrected chi connectivity index (χ0v) is 27.1. The van der Waals surface area contributed by atoms with Crippen molar-refractivity contribution in [3.05, 3.63) is 93.6 Å². The van der Waals surface area contributed by atoms with Crippen LogP contribution in [0.4, 0.5) is 23.8 Å². The van der Waals surface area contributed by atoms with Gasteiger partial charge in [-0.25, -0.2) is 19.6 Å². The number of alkyl halides is 3. The molecule has 1 aliphatic heterocycles. The highest BCUT2D eigenvalue weighted by Gasteiger charge is 2.34. The van der Waals surface area contributed by atoms with E-state index in [1.54, 1.807) is 36.0 Å². The Labute approximate surface area is 282 Å². The molecule has 0 radical (unpaired) electrons. The summed E-state index contributed by atoms with van der Waals surface area (Å²) in [7, 11) is 0. The Morgan fingerprint density at radius 2 is 1.92 bits per heavy atom. The number of carbonyl (C=O) groups is 2. The molecule has 3 N–H and O–H groups in total. The number of nitrogens with one attached hydrogen (secondary N) is 2. The lowest BCUT2D eigenvalue weighted by Gasteiger charge is -2.33. The van der Waals surface area contributed by atoms with Crippen LogP contribution >= 0.6 is 11.3 Å². The Bertz CT molecular complexity index is 2070. The third kappa shape index (κ3) is 7.62. The van der Waals surface area contributed by atoms with E-state index in [1.165, 1.54) is 24.5 Å². The second-order valence-electron chi connectivity index (χ2n) is 11.8. The molecule has 0 saturated carbocycles. The predicted octanol–water partition coefficient (Wildman–Crippen LogP) is 6.35. The number of likely N-dealkylation sites (tertiary alicyclic amines) is 1. The molecule has 1 aliphatic rings. The first-order valence-electron chi connectivity index (χ1n) is 15.6. The van der Waals surface area contributed by atoms with E-state index in [0.717, 1.165) is 54.8 Å². The first-order valence-corrected chi connectivity index (χ1v) is 16.5. The van der Waals surface area contributed by atoms with Gasteiger partial charge in [-0.15, -0.1) is 11.3 Å². The Hall–Kier alpha value is -5.15. The van der Waals surface area contributed by atoms with Crippen LogP contribution in [0.1, 0.15) is 41.4 Å². The van der Waals surface area contributed by atoms with Crippen molar-refractivity contribution in [3.63, 3.8) is 0 Å². The maximum absolute atomic E-state index is 13.5. The second-order valence-corrected chi connectivity index (χ2v) is 12.7. The van der Waals surface area contributed by atoms with Gasteiger partial charge in [0.1, 0.15) is 16.4 Å². The molecule has 5 heterocycles. The minimum atomic E-state index is -4.67. The molecule has 15 heteroatoms. The maximum Gasteiger partial charge on any atom is 0.434 e. The number of nitrogens with zero attached hydrogens (tertiary/aromatic N) is 5. The zero-order valence-electron chi connectivity index (χ0n) is 26.3. The summed E-state index contributed by atoms with van der Waals surface area (Å²) in [4.78, 5) is 52.5. The average Bonchev–Trinajstić information content (AvgIpc) is 3.58. The van der Waals surface area contributed by atoms with Crippen molar-refractivity contribution in [2.75, 3.05) is 25.0 Å². The van der Waals surface area contributed by atoms with Crippen LogP contribution in [-0.2, 0) is 19.3 Å². The summed E-state index contributed by atoms with van der Waals surface area (Å²) in [6, 6.07) is 9.79. The number of piperidine rings is 1. The first kappa shape index (κ1) is 33.7. The number of benzene rings is 1. The van der Waals surface area contributed by atoms with Gasteiger partial charge >= 0.3 is 18.2 Å². The molecule has 0 aliphatic carbocycles. The van der Waals surface area contributed by atoms with E-state index < -0.39 is 29.3 Å². The fourth-order valence-electron chi connectivity index (χ4n) is 6.12. The average molecular weight is 692 g/mol. The summed E-state index contributed by atoms with van der Waals surface area (Å²) in [6.07, 6.45) is 3.52. The third-order valence-electron chi connectivity index (χ3n) is 8.34. The van der Waals surface area contributed by atoms with E-state index in [0.29, 0.717) is 29.7 Å². The van der Waals surface area contributed by atoms with Crippen molar-refractivity contribution in [1.82, 2.24) is 29.7 Å². The number of anilines is 1. The van der Waals surface area contributed by atoms with Gasteiger partial charge in [-0.05, 0) is 73.7 Å². The van der Waals surface area contributed by atoms with Gasteiger partial charge in [0.2, 0.25) is 5.43 Å². The predicted molar refractivity (Wildman–Crippen MR) is 179 cm³/mol. The zero-order chi connectivity index (χ0) is 34.7. The van der Waals surface area contributed by atoms with Crippen LogP contribution < -0.4 is 16.1 Å². The van der Waals surface area contributed by atoms with E-state index in [4.69, 9.17) is 0 Å². The summed E-state index contributed by atoms with van der Waals surface area (Å²) in [5, 5.41) is 16.2. The molecule has 1 atom stereocenters. The van der Waals surface area contributed by atoms with Crippen molar-refractivity contribution in [1.29, 1.82) is 0 Å². The largest absolute Gasteiger partial charge is 0.477 e. The number of amides is 2. The molecule has 1 saturated heterocycles. The lowest BCUT2D eigenvalue weighted by Crippen LogP contribution is -2.36. The smallest absolute Gasteiger partial charge is 0.434 e. The van der Waals surface area contributed by atoms with E-state index in [-0.39, 0.29) is 33.3 Å². The fraction of sp³-hybridized carbons (Fsp3) is 0.294. The number of pyridine rings is 3. The number of thiazole rings is 1. The molecule has 0 bridgehead atoms. The molecule has 1 aromatic carbocycles. The third-order valence-corrected chi connectivity index (χ3v) is 9.22. The molecule has 1 fully saturated rings. The molecule has 5 aromatic rings. The van der Waals surface area contributed by atoms with Gasteiger partial charge in [0, 0.05) is 72.9 Å². The molecule has 1 unspecified atom stereocenters. The Morgan fingerprint density at radius 3 is 2.63 bits per heavy atom.